The van der Waals surface area contributed by atoms with Gasteiger partial charge in [0, 0.05) is 12.6 Å². The maximum atomic E-state index is 12.9. The van der Waals surface area contributed by atoms with Crippen LogP contribution in [-0.4, -0.2) is 42.4 Å². The van der Waals surface area contributed by atoms with Gasteiger partial charge >= 0.3 is 0 Å². The molecule has 0 radical (unpaired) electrons. The van der Waals surface area contributed by atoms with Gasteiger partial charge in [0.1, 0.15) is 5.82 Å². The minimum Gasteiger partial charge on any atom is -0.389 e. The van der Waals surface area contributed by atoms with Gasteiger partial charge in [-0.15, -0.1) is 0 Å². The predicted molar refractivity (Wildman–Crippen MR) is 74.5 cm³/mol. The van der Waals surface area contributed by atoms with Crippen LogP contribution in [0.4, 0.5) is 4.39 Å². The van der Waals surface area contributed by atoms with Crippen molar-refractivity contribution in [3.63, 3.8) is 0 Å². The molecule has 0 bridgehead atoms. The molecule has 0 saturated carbocycles. The van der Waals surface area contributed by atoms with E-state index in [1.807, 2.05) is 32.7 Å². The Morgan fingerprint density at radius 2 is 1.79 bits per heavy atom. The van der Waals surface area contributed by atoms with Crippen LogP contribution in [0.1, 0.15) is 32.4 Å². The first kappa shape index (κ1) is 16.1. The van der Waals surface area contributed by atoms with Gasteiger partial charge in [0.05, 0.1) is 18.8 Å². The first-order valence-corrected chi connectivity index (χ1v) is 6.65. The van der Waals surface area contributed by atoms with E-state index in [1.54, 1.807) is 12.1 Å². The molecule has 1 rings (SSSR count). The Morgan fingerprint density at radius 3 is 2.32 bits per heavy atom. The molecular weight excluding hydrogens is 245 g/mol. The van der Waals surface area contributed by atoms with Gasteiger partial charge in [0.25, 0.3) is 0 Å². The van der Waals surface area contributed by atoms with Crippen LogP contribution in [0.3, 0.4) is 0 Å². The standard InChI is InChI=1S/C15H24FNO2/c1-11(2)19-10-15(18)9-17(4)12(3)13-5-7-14(16)8-6-13/h5-8,11-12,15,18H,9-10H2,1-4H3. The molecule has 0 fully saturated rings. The Kier molecular flexibility index (Phi) is 6.42. The van der Waals surface area contributed by atoms with Crippen LogP contribution in [-0.2, 0) is 4.74 Å². The molecule has 0 aliphatic carbocycles. The molecular formula is C15H24FNO2. The van der Waals surface area contributed by atoms with Crippen molar-refractivity contribution in [2.45, 2.75) is 39.0 Å². The zero-order chi connectivity index (χ0) is 14.4. The van der Waals surface area contributed by atoms with Gasteiger partial charge in [-0.05, 0) is 45.5 Å². The number of benzene rings is 1. The number of rotatable bonds is 7. The Bertz CT molecular complexity index is 367. The molecule has 1 aromatic carbocycles. The van der Waals surface area contributed by atoms with E-state index in [4.69, 9.17) is 4.74 Å². The summed E-state index contributed by atoms with van der Waals surface area (Å²) in [6.07, 6.45) is -0.398. The summed E-state index contributed by atoms with van der Waals surface area (Å²) < 4.78 is 18.2. The van der Waals surface area contributed by atoms with E-state index in [1.165, 1.54) is 12.1 Å². The molecule has 0 heterocycles. The van der Waals surface area contributed by atoms with Crippen LogP contribution in [0.25, 0.3) is 0 Å². The lowest BCUT2D eigenvalue weighted by atomic mass is 10.1. The van der Waals surface area contributed by atoms with Crippen molar-refractivity contribution >= 4 is 0 Å². The third-order valence-corrected chi connectivity index (χ3v) is 3.13. The van der Waals surface area contributed by atoms with Crippen LogP contribution < -0.4 is 0 Å². The first-order chi connectivity index (χ1) is 8.90. The molecule has 19 heavy (non-hydrogen) atoms. The Balaban J connectivity index is 2.48. The van der Waals surface area contributed by atoms with Gasteiger partial charge in [-0.1, -0.05) is 12.1 Å². The lowest BCUT2D eigenvalue weighted by Crippen LogP contribution is -2.34. The van der Waals surface area contributed by atoms with Crippen molar-refractivity contribution in [2.75, 3.05) is 20.2 Å². The summed E-state index contributed by atoms with van der Waals surface area (Å²) in [7, 11) is 1.94. The van der Waals surface area contributed by atoms with Crippen molar-refractivity contribution in [2.24, 2.45) is 0 Å². The van der Waals surface area contributed by atoms with Crippen molar-refractivity contribution in [3.8, 4) is 0 Å². The zero-order valence-corrected chi connectivity index (χ0v) is 12.1. The minimum atomic E-state index is -0.518. The van der Waals surface area contributed by atoms with Crippen molar-refractivity contribution in [1.29, 1.82) is 0 Å². The number of aliphatic hydroxyl groups is 1. The van der Waals surface area contributed by atoms with Gasteiger partial charge < -0.3 is 9.84 Å². The third-order valence-electron chi connectivity index (χ3n) is 3.13. The van der Waals surface area contributed by atoms with E-state index in [-0.39, 0.29) is 18.0 Å². The Morgan fingerprint density at radius 1 is 1.21 bits per heavy atom. The maximum absolute atomic E-state index is 12.9. The smallest absolute Gasteiger partial charge is 0.123 e. The number of ether oxygens (including phenoxy) is 1. The summed E-state index contributed by atoms with van der Waals surface area (Å²) in [4.78, 5) is 2.03. The van der Waals surface area contributed by atoms with Gasteiger partial charge in [-0.2, -0.15) is 0 Å². The maximum Gasteiger partial charge on any atom is 0.123 e. The molecule has 0 saturated heterocycles. The second-order valence-electron chi connectivity index (χ2n) is 5.20. The summed E-state index contributed by atoms with van der Waals surface area (Å²) in [5.41, 5.74) is 1.03. The molecule has 0 amide bonds. The second kappa shape index (κ2) is 7.58. The van der Waals surface area contributed by atoms with E-state index >= 15 is 0 Å². The fraction of sp³-hybridized carbons (Fsp3) is 0.600. The normalized spacial score (nSPS) is 14.9. The quantitative estimate of drug-likeness (QED) is 0.826. The number of hydrogen-bond acceptors (Lipinski definition) is 3. The predicted octanol–water partition coefficient (Wildman–Crippen LogP) is 2.60. The fourth-order valence-electron chi connectivity index (χ4n) is 1.84. The van der Waals surface area contributed by atoms with E-state index in [0.717, 1.165) is 5.56 Å². The molecule has 3 nitrogen and oxygen atoms in total. The minimum absolute atomic E-state index is 0.120. The summed E-state index contributed by atoms with van der Waals surface area (Å²) in [5, 5.41) is 9.88. The molecule has 2 atom stereocenters. The third kappa shape index (κ3) is 5.68. The lowest BCUT2D eigenvalue weighted by Gasteiger charge is -2.27. The lowest BCUT2D eigenvalue weighted by molar-refractivity contribution is -0.00949. The van der Waals surface area contributed by atoms with Crippen LogP contribution in [0.2, 0.25) is 0 Å². The highest BCUT2D eigenvalue weighted by molar-refractivity contribution is 5.19. The Hall–Kier alpha value is -0.970. The number of likely N-dealkylation sites (N-methyl/N-ethyl adjacent to an activating group) is 1. The highest BCUT2D eigenvalue weighted by Gasteiger charge is 2.16. The van der Waals surface area contributed by atoms with Crippen LogP contribution in [0, 0.1) is 5.82 Å². The number of halogens is 1. The van der Waals surface area contributed by atoms with Crippen LogP contribution in [0.5, 0.6) is 0 Å². The first-order valence-electron chi connectivity index (χ1n) is 6.65. The summed E-state index contributed by atoms with van der Waals surface area (Å²) in [5.74, 6) is -0.232. The van der Waals surface area contributed by atoms with Crippen molar-refractivity contribution < 1.29 is 14.2 Å². The number of nitrogens with zero attached hydrogens (tertiary/aromatic N) is 1. The molecule has 0 aliphatic heterocycles. The average Bonchev–Trinajstić information content (AvgIpc) is 2.36. The Labute approximate surface area is 115 Å². The molecule has 2 unspecified atom stereocenters. The largest absolute Gasteiger partial charge is 0.389 e. The molecule has 1 N–H and O–H groups in total. The van der Waals surface area contributed by atoms with Crippen LogP contribution in [0.15, 0.2) is 24.3 Å². The van der Waals surface area contributed by atoms with Gasteiger partial charge in [0.15, 0.2) is 0 Å². The number of aliphatic hydroxyl groups excluding tert-OH is 1. The van der Waals surface area contributed by atoms with Crippen molar-refractivity contribution in [3.05, 3.63) is 35.6 Å². The summed E-state index contributed by atoms with van der Waals surface area (Å²) in [6, 6.07) is 6.58. The van der Waals surface area contributed by atoms with E-state index < -0.39 is 6.10 Å². The average molecular weight is 269 g/mol. The highest BCUT2D eigenvalue weighted by atomic mass is 19.1. The van der Waals surface area contributed by atoms with E-state index in [2.05, 4.69) is 0 Å². The highest BCUT2D eigenvalue weighted by Crippen LogP contribution is 2.19. The monoisotopic (exact) mass is 269 g/mol. The SMILES string of the molecule is CC(C)OCC(O)CN(C)C(C)c1ccc(F)cc1. The van der Waals surface area contributed by atoms with Gasteiger partial charge in [0.2, 0.25) is 0 Å². The van der Waals surface area contributed by atoms with Crippen LogP contribution >= 0.6 is 0 Å². The molecule has 0 aromatic heterocycles. The van der Waals surface area contributed by atoms with Gasteiger partial charge in [-0.25, -0.2) is 4.39 Å². The van der Waals surface area contributed by atoms with Crippen molar-refractivity contribution in [1.82, 2.24) is 4.90 Å². The van der Waals surface area contributed by atoms with E-state index in [9.17, 15) is 9.50 Å². The molecule has 0 spiro atoms. The molecule has 0 aliphatic rings. The van der Waals surface area contributed by atoms with Gasteiger partial charge in [-0.3, -0.25) is 4.90 Å². The summed E-state index contributed by atoms with van der Waals surface area (Å²) >= 11 is 0. The zero-order valence-electron chi connectivity index (χ0n) is 12.1. The number of hydrogen-bond donors (Lipinski definition) is 1. The fourth-order valence-corrected chi connectivity index (χ4v) is 1.84. The van der Waals surface area contributed by atoms with E-state index in [0.29, 0.717) is 13.2 Å². The second-order valence-corrected chi connectivity index (χ2v) is 5.20. The topological polar surface area (TPSA) is 32.7 Å². The molecule has 1 aromatic rings. The molecule has 108 valence electrons. The summed E-state index contributed by atoms with van der Waals surface area (Å²) in [6.45, 7) is 6.77. The molecule has 4 heteroatoms.